The van der Waals surface area contributed by atoms with E-state index in [4.69, 9.17) is 10.5 Å². The average molecular weight is 291 g/mol. The Morgan fingerprint density at radius 2 is 2.10 bits per heavy atom. The normalized spacial score (nSPS) is 15.6. The second-order valence-electron chi connectivity index (χ2n) is 5.10. The molecule has 1 heterocycles. The van der Waals surface area contributed by atoms with Crippen molar-refractivity contribution in [2.45, 2.75) is 25.5 Å². The molecule has 0 bridgehead atoms. The molecule has 0 unspecified atom stereocenters. The summed E-state index contributed by atoms with van der Waals surface area (Å²) in [6, 6.07) is 6.90. The highest BCUT2D eigenvalue weighted by molar-refractivity contribution is 5.92. The number of hydrogen-bond donors (Lipinski definition) is 3. The Bertz CT molecular complexity index is 499. The Morgan fingerprint density at radius 1 is 1.33 bits per heavy atom. The van der Waals surface area contributed by atoms with E-state index in [2.05, 4.69) is 10.6 Å². The molecule has 2 rings (SSSR count). The average Bonchev–Trinajstić information content (AvgIpc) is 2.52. The third-order valence-corrected chi connectivity index (χ3v) is 3.44. The van der Waals surface area contributed by atoms with Gasteiger partial charge >= 0.3 is 0 Å². The molecule has 0 atom stereocenters. The highest BCUT2D eigenvalue weighted by atomic mass is 16.5. The monoisotopic (exact) mass is 291 g/mol. The van der Waals surface area contributed by atoms with Gasteiger partial charge in [-0.3, -0.25) is 9.59 Å². The van der Waals surface area contributed by atoms with Crippen LogP contribution < -0.4 is 16.4 Å². The summed E-state index contributed by atoms with van der Waals surface area (Å²) in [5.41, 5.74) is 6.49. The van der Waals surface area contributed by atoms with E-state index in [-0.39, 0.29) is 18.6 Å². The Kier molecular flexibility index (Phi) is 5.71. The maximum absolute atomic E-state index is 11.7. The molecule has 0 saturated carbocycles. The number of nitrogens with one attached hydrogen (secondary N) is 2. The number of ether oxygens (including phenoxy) is 1. The van der Waals surface area contributed by atoms with Crippen LogP contribution in [-0.4, -0.2) is 37.6 Å². The van der Waals surface area contributed by atoms with Gasteiger partial charge in [-0.15, -0.1) is 0 Å². The van der Waals surface area contributed by atoms with Crippen molar-refractivity contribution < 1.29 is 14.3 Å². The summed E-state index contributed by atoms with van der Waals surface area (Å²) in [6.45, 7) is 2.30. The third kappa shape index (κ3) is 5.17. The molecule has 114 valence electrons. The number of rotatable bonds is 6. The lowest BCUT2D eigenvalue weighted by Crippen LogP contribution is -2.35. The Hall–Kier alpha value is -1.92. The Morgan fingerprint density at radius 3 is 2.81 bits per heavy atom. The maximum Gasteiger partial charge on any atom is 0.248 e. The van der Waals surface area contributed by atoms with Gasteiger partial charge in [-0.05, 0) is 43.6 Å². The van der Waals surface area contributed by atoms with Crippen LogP contribution >= 0.6 is 0 Å². The molecular weight excluding hydrogens is 270 g/mol. The van der Waals surface area contributed by atoms with E-state index in [0.717, 1.165) is 31.5 Å². The summed E-state index contributed by atoms with van der Waals surface area (Å²) < 4.78 is 5.57. The first-order valence-electron chi connectivity index (χ1n) is 7.13. The Labute approximate surface area is 124 Å². The van der Waals surface area contributed by atoms with Crippen LogP contribution in [0.3, 0.4) is 0 Å². The van der Waals surface area contributed by atoms with Crippen molar-refractivity contribution >= 4 is 11.8 Å². The zero-order valence-electron chi connectivity index (χ0n) is 11.9. The van der Waals surface area contributed by atoms with Crippen molar-refractivity contribution in [1.82, 2.24) is 10.6 Å². The van der Waals surface area contributed by atoms with Crippen molar-refractivity contribution in [2.75, 3.05) is 19.7 Å². The molecule has 6 heteroatoms. The molecule has 4 N–H and O–H groups in total. The van der Waals surface area contributed by atoms with E-state index in [1.165, 1.54) is 0 Å². The number of nitrogens with two attached hydrogens (primary N) is 1. The van der Waals surface area contributed by atoms with Gasteiger partial charge in [0.2, 0.25) is 11.8 Å². The second-order valence-corrected chi connectivity index (χ2v) is 5.10. The van der Waals surface area contributed by atoms with Gasteiger partial charge in [0.25, 0.3) is 0 Å². The molecule has 1 aromatic carbocycles. The van der Waals surface area contributed by atoms with Gasteiger partial charge in [0.15, 0.2) is 0 Å². The van der Waals surface area contributed by atoms with Crippen LogP contribution in [0.25, 0.3) is 0 Å². The van der Waals surface area contributed by atoms with Crippen LogP contribution in [0.5, 0.6) is 0 Å². The second kappa shape index (κ2) is 7.75. The molecule has 0 spiro atoms. The summed E-state index contributed by atoms with van der Waals surface area (Å²) in [5.74, 6) is -0.629. The van der Waals surface area contributed by atoms with Gasteiger partial charge in [-0.2, -0.15) is 0 Å². The number of carbonyl (C=O) groups excluding carboxylic acids is 2. The predicted molar refractivity (Wildman–Crippen MR) is 78.7 cm³/mol. The van der Waals surface area contributed by atoms with E-state index in [9.17, 15) is 9.59 Å². The summed E-state index contributed by atoms with van der Waals surface area (Å²) in [7, 11) is 0. The highest BCUT2D eigenvalue weighted by Crippen LogP contribution is 2.07. The van der Waals surface area contributed by atoms with E-state index >= 15 is 0 Å². The van der Waals surface area contributed by atoms with Crippen LogP contribution in [0.4, 0.5) is 0 Å². The predicted octanol–water partition coefficient (Wildman–Crippen LogP) is 0.170. The van der Waals surface area contributed by atoms with Crippen LogP contribution in [0.1, 0.15) is 28.8 Å². The van der Waals surface area contributed by atoms with Crippen molar-refractivity contribution in [3.63, 3.8) is 0 Å². The number of amides is 2. The SMILES string of the molecule is NC(=O)c1cccc(CNC(=O)COC2CCNCC2)c1. The van der Waals surface area contributed by atoms with E-state index in [1.54, 1.807) is 18.2 Å². The lowest BCUT2D eigenvalue weighted by Gasteiger charge is -2.22. The van der Waals surface area contributed by atoms with E-state index in [0.29, 0.717) is 12.1 Å². The lowest BCUT2D eigenvalue weighted by atomic mass is 10.1. The quantitative estimate of drug-likeness (QED) is 0.696. The molecular formula is C15H21N3O3. The molecule has 1 aromatic rings. The van der Waals surface area contributed by atoms with Gasteiger partial charge in [-0.1, -0.05) is 12.1 Å². The lowest BCUT2D eigenvalue weighted by molar-refractivity contribution is -0.128. The fourth-order valence-corrected chi connectivity index (χ4v) is 2.24. The molecule has 0 aromatic heterocycles. The summed E-state index contributed by atoms with van der Waals surface area (Å²) in [4.78, 5) is 22.8. The topological polar surface area (TPSA) is 93.5 Å². The van der Waals surface area contributed by atoms with Gasteiger partial charge in [0.1, 0.15) is 6.61 Å². The minimum atomic E-state index is -0.475. The molecule has 0 aliphatic carbocycles. The van der Waals surface area contributed by atoms with Crippen LogP contribution in [0.2, 0.25) is 0 Å². The van der Waals surface area contributed by atoms with Gasteiger partial charge in [0, 0.05) is 12.1 Å². The van der Waals surface area contributed by atoms with Crippen molar-refractivity contribution in [3.05, 3.63) is 35.4 Å². The molecule has 21 heavy (non-hydrogen) atoms. The fourth-order valence-electron chi connectivity index (χ4n) is 2.24. The number of carbonyl (C=O) groups is 2. The minimum Gasteiger partial charge on any atom is -0.368 e. The minimum absolute atomic E-state index is 0.0696. The number of hydrogen-bond acceptors (Lipinski definition) is 4. The largest absolute Gasteiger partial charge is 0.368 e. The van der Waals surface area contributed by atoms with Crippen molar-refractivity contribution in [2.24, 2.45) is 5.73 Å². The number of benzene rings is 1. The zero-order chi connectivity index (χ0) is 15.1. The van der Waals surface area contributed by atoms with Gasteiger partial charge in [0.05, 0.1) is 6.10 Å². The smallest absolute Gasteiger partial charge is 0.248 e. The third-order valence-electron chi connectivity index (χ3n) is 3.44. The summed E-state index contributed by atoms with van der Waals surface area (Å²) >= 11 is 0. The number of primary amides is 1. The number of piperidine rings is 1. The van der Waals surface area contributed by atoms with Crippen LogP contribution in [-0.2, 0) is 16.1 Å². The van der Waals surface area contributed by atoms with E-state index in [1.807, 2.05) is 6.07 Å². The van der Waals surface area contributed by atoms with Crippen LogP contribution in [0, 0.1) is 0 Å². The maximum atomic E-state index is 11.7. The van der Waals surface area contributed by atoms with Crippen molar-refractivity contribution in [1.29, 1.82) is 0 Å². The fraction of sp³-hybridized carbons (Fsp3) is 0.467. The van der Waals surface area contributed by atoms with Gasteiger partial charge < -0.3 is 21.1 Å². The van der Waals surface area contributed by atoms with Gasteiger partial charge in [-0.25, -0.2) is 0 Å². The standard InChI is InChI=1S/C15H21N3O3/c16-15(20)12-3-1-2-11(8-12)9-18-14(19)10-21-13-4-6-17-7-5-13/h1-3,8,13,17H,4-7,9-10H2,(H2,16,20)(H,18,19). The molecule has 1 aliphatic rings. The first-order valence-corrected chi connectivity index (χ1v) is 7.13. The Balaban J connectivity index is 1.73. The first kappa shape index (κ1) is 15.5. The zero-order valence-corrected chi connectivity index (χ0v) is 11.9. The molecule has 1 aliphatic heterocycles. The molecule has 1 saturated heterocycles. The molecule has 2 amide bonds. The van der Waals surface area contributed by atoms with Crippen LogP contribution in [0.15, 0.2) is 24.3 Å². The molecule has 1 fully saturated rings. The summed E-state index contributed by atoms with van der Waals surface area (Å²) in [6.07, 6.45) is 2.04. The molecule has 6 nitrogen and oxygen atoms in total. The summed E-state index contributed by atoms with van der Waals surface area (Å²) in [5, 5.41) is 6.02. The molecule has 0 radical (unpaired) electrons. The first-order chi connectivity index (χ1) is 10.1. The van der Waals surface area contributed by atoms with Crippen molar-refractivity contribution in [3.8, 4) is 0 Å². The highest BCUT2D eigenvalue weighted by Gasteiger charge is 2.14. The van der Waals surface area contributed by atoms with E-state index < -0.39 is 5.91 Å².